The van der Waals surface area contributed by atoms with Crippen LogP contribution in [0.4, 0.5) is 0 Å². The summed E-state index contributed by atoms with van der Waals surface area (Å²) in [6.45, 7) is 5.28. The van der Waals surface area contributed by atoms with Gasteiger partial charge in [-0.1, -0.05) is 19.8 Å². The van der Waals surface area contributed by atoms with E-state index in [0.29, 0.717) is 11.3 Å². The Morgan fingerprint density at radius 2 is 1.72 bits per heavy atom. The SMILES string of the molecule is CCCCCN(CCC12CC3CC(CC(C3)C1)C2)C(=O)[C@H]1CCCN1. The standard InChI is InChI=1S/C22H38N2O/c1-2-3-4-9-24(21(25)20-6-5-8-23-20)10-7-22-14-17-11-18(15-22)13-19(12-17)16-22/h17-20,23H,2-16H2,1H3/t17?,18?,19?,20-,22?/m1/s1. The smallest absolute Gasteiger partial charge is 0.239 e. The highest BCUT2D eigenvalue weighted by molar-refractivity contribution is 5.82. The van der Waals surface area contributed by atoms with Gasteiger partial charge in [-0.15, -0.1) is 0 Å². The molecule has 4 aliphatic carbocycles. The molecule has 0 aromatic rings. The van der Waals surface area contributed by atoms with Gasteiger partial charge in [-0.05, 0) is 93.9 Å². The Labute approximate surface area is 154 Å². The minimum Gasteiger partial charge on any atom is -0.341 e. The maximum absolute atomic E-state index is 13.0. The minimum absolute atomic E-state index is 0.109. The second-order valence-electron chi connectivity index (χ2n) is 9.85. The summed E-state index contributed by atoms with van der Waals surface area (Å²) < 4.78 is 0. The summed E-state index contributed by atoms with van der Waals surface area (Å²) in [7, 11) is 0. The van der Waals surface area contributed by atoms with Gasteiger partial charge in [0.25, 0.3) is 0 Å². The zero-order chi connectivity index (χ0) is 17.3. The molecular formula is C22H38N2O. The molecule has 1 aliphatic heterocycles. The molecule has 5 rings (SSSR count). The Kier molecular flexibility index (Phi) is 5.41. The van der Waals surface area contributed by atoms with E-state index in [9.17, 15) is 4.79 Å². The molecule has 0 aromatic carbocycles. The van der Waals surface area contributed by atoms with Crippen LogP contribution in [0.2, 0.25) is 0 Å². The summed E-state index contributed by atoms with van der Waals surface area (Å²) in [5.41, 5.74) is 0.598. The summed E-state index contributed by atoms with van der Waals surface area (Å²) in [5, 5.41) is 3.43. The molecule has 1 saturated heterocycles. The fourth-order valence-electron chi connectivity index (χ4n) is 6.97. The van der Waals surface area contributed by atoms with Crippen molar-refractivity contribution in [2.45, 2.75) is 90.0 Å². The number of nitrogens with zero attached hydrogens (tertiary/aromatic N) is 1. The van der Waals surface area contributed by atoms with Crippen LogP contribution in [0.1, 0.15) is 84.0 Å². The van der Waals surface area contributed by atoms with Gasteiger partial charge in [-0.2, -0.15) is 0 Å². The highest BCUT2D eigenvalue weighted by atomic mass is 16.2. The molecule has 1 atom stereocenters. The van der Waals surface area contributed by atoms with Crippen LogP contribution in [0.25, 0.3) is 0 Å². The summed E-state index contributed by atoms with van der Waals surface area (Å²) >= 11 is 0. The van der Waals surface area contributed by atoms with Crippen LogP contribution in [0.5, 0.6) is 0 Å². The third-order valence-electron chi connectivity index (χ3n) is 7.78. The van der Waals surface area contributed by atoms with Gasteiger partial charge in [0.2, 0.25) is 5.91 Å². The highest BCUT2D eigenvalue weighted by Gasteiger charge is 2.50. The van der Waals surface area contributed by atoms with E-state index in [2.05, 4.69) is 17.1 Å². The Bertz CT molecular complexity index is 433. The van der Waals surface area contributed by atoms with Crippen LogP contribution in [-0.4, -0.2) is 36.5 Å². The molecule has 0 unspecified atom stereocenters. The number of carbonyl (C=O) groups excluding carboxylic acids is 1. The number of unbranched alkanes of at least 4 members (excludes halogenated alkanes) is 2. The molecule has 25 heavy (non-hydrogen) atoms. The molecule has 4 bridgehead atoms. The summed E-state index contributed by atoms with van der Waals surface area (Å²) in [5.74, 6) is 3.46. The van der Waals surface area contributed by atoms with E-state index in [1.807, 2.05) is 0 Å². The molecular weight excluding hydrogens is 308 g/mol. The summed E-state index contributed by atoms with van der Waals surface area (Å²) in [4.78, 5) is 15.3. The monoisotopic (exact) mass is 346 g/mol. The van der Waals surface area contributed by atoms with Crippen LogP contribution >= 0.6 is 0 Å². The van der Waals surface area contributed by atoms with Crippen LogP contribution < -0.4 is 5.32 Å². The van der Waals surface area contributed by atoms with Crippen molar-refractivity contribution in [2.75, 3.05) is 19.6 Å². The molecule has 4 saturated carbocycles. The first-order chi connectivity index (χ1) is 12.2. The largest absolute Gasteiger partial charge is 0.341 e. The molecule has 3 heteroatoms. The Hall–Kier alpha value is -0.570. The fourth-order valence-corrected chi connectivity index (χ4v) is 6.97. The quantitative estimate of drug-likeness (QED) is 0.662. The van der Waals surface area contributed by atoms with Crippen LogP contribution in [0, 0.1) is 23.2 Å². The first-order valence-electron chi connectivity index (χ1n) is 11.2. The van der Waals surface area contributed by atoms with Gasteiger partial charge in [0.05, 0.1) is 6.04 Å². The lowest BCUT2D eigenvalue weighted by Gasteiger charge is -2.57. The van der Waals surface area contributed by atoms with E-state index in [4.69, 9.17) is 0 Å². The lowest BCUT2D eigenvalue weighted by atomic mass is 9.49. The number of hydrogen-bond donors (Lipinski definition) is 1. The number of nitrogens with one attached hydrogen (secondary N) is 1. The van der Waals surface area contributed by atoms with Crippen molar-refractivity contribution in [1.29, 1.82) is 0 Å². The first-order valence-corrected chi connectivity index (χ1v) is 11.2. The van der Waals surface area contributed by atoms with Crippen molar-refractivity contribution in [3.8, 4) is 0 Å². The maximum atomic E-state index is 13.0. The van der Waals surface area contributed by atoms with Crippen molar-refractivity contribution in [2.24, 2.45) is 23.2 Å². The molecule has 1 heterocycles. The van der Waals surface area contributed by atoms with Crippen molar-refractivity contribution in [1.82, 2.24) is 10.2 Å². The van der Waals surface area contributed by atoms with Gasteiger partial charge in [-0.25, -0.2) is 0 Å². The van der Waals surface area contributed by atoms with Gasteiger partial charge >= 0.3 is 0 Å². The molecule has 142 valence electrons. The maximum Gasteiger partial charge on any atom is 0.239 e. The number of hydrogen-bond acceptors (Lipinski definition) is 2. The van der Waals surface area contributed by atoms with Gasteiger partial charge in [-0.3, -0.25) is 4.79 Å². The van der Waals surface area contributed by atoms with E-state index >= 15 is 0 Å². The van der Waals surface area contributed by atoms with Crippen molar-refractivity contribution in [3.63, 3.8) is 0 Å². The van der Waals surface area contributed by atoms with Gasteiger partial charge in [0, 0.05) is 13.1 Å². The lowest BCUT2D eigenvalue weighted by molar-refractivity contribution is -0.134. The topological polar surface area (TPSA) is 32.3 Å². The average molecular weight is 347 g/mol. The van der Waals surface area contributed by atoms with Crippen molar-refractivity contribution < 1.29 is 4.79 Å². The Balaban J connectivity index is 1.37. The van der Waals surface area contributed by atoms with Gasteiger partial charge in [0.1, 0.15) is 0 Å². The molecule has 0 spiro atoms. The highest BCUT2D eigenvalue weighted by Crippen LogP contribution is 2.61. The summed E-state index contributed by atoms with van der Waals surface area (Å²) in [6.07, 6.45) is 16.1. The molecule has 0 radical (unpaired) electrons. The van der Waals surface area contributed by atoms with Crippen LogP contribution in [-0.2, 0) is 4.79 Å². The number of carbonyl (C=O) groups is 1. The molecule has 3 nitrogen and oxygen atoms in total. The van der Waals surface area contributed by atoms with Crippen molar-refractivity contribution in [3.05, 3.63) is 0 Å². The lowest BCUT2D eigenvalue weighted by Crippen LogP contribution is -2.49. The van der Waals surface area contributed by atoms with E-state index in [1.165, 1.54) is 64.2 Å². The van der Waals surface area contributed by atoms with Crippen molar-refractivity contribution >= 4 is 5.91 Å². The van der Waals surface area contributed by atoms with Gasteiger partial charge < -0.3 is 10.2 Å². The Morgan fingerprint density at radius 3 is 2.28 bits per heavy atom. The van der Waals surface area contributed by atoms with E-state index in [-0.39, 0.29) is 6.04 Å². The number of rotatable bonds is 8. The zero-order valence-electron chi connectivity index (χ0n) is 16.3. The molecule has 1 amide bonds. The Morgan fingerprint density at radius 1 is 1.04 bits per heavy atom. The van der Waals surface area contributed by atoms with Gasteiger partial charge in [0.15, 0.2) is 0 Å². The summed E-state index contributed by atoms with van der Waals surface area (Å²) in [6, 6.07) is 0.109. The predicted molar refractivity (Wildman–Crippen MR) is 102 cm³/mol. The van der Waals surface area contributed by atoms with E-state index < -0.39 is 0 Å². The third kappa shape index (κ3) is 3.91. The minimum atomic E-state index is 0.109. The molecule has 1 N–H and O–H groups in total. The van der Waals surface area contributed by atoms with Crippen LogP contribution in [0.3, 0.4) is 0 Å². The fraction of sp³-hybridized carbons (Fsp3) is 0.955. The van der Waals surface area contributed by atoms with E-state index in [0.717, 1.165) is 50.2 Å². The normalized spacial score (nSPS) is 39.1. The zero-order valence-corrected chi connectivity index (χ0v) is 16.3. The van der Waals surface area contributed by atoms with Crippen LogP contribution in [0.15, 0.2) is 0 Å². The van der Waals surface area contributed by atoms with E-state index in [1.54, 1.807) is 0 Å². The average Bonchev–Trinajstić information content (AvgIpc) is 3.11. The molecule has 5 fully saturated rings. The predicted octanol–water partition coefficient (Wildman–Crippen LogP) is 4.36. The third-order valence-corrected chi connectivity index (χ3v) is 7.78. The second kappa shape index (κ2) is 7.58. The molecule has 0 aromatic heterocycles. The first kappa shape index (κ1) is 17.8. The number of amides is 1. The second-order valence-corrected chi connectivity index (χ2v) is 9.85. The molecule has 5 aliphatic rings.